The molecular formula is C13H12N4O3S. The van der Waals surface area contributed by atoms with E-state index in [-0.39, 0.29) is 11.6 Å². The van der Waals surface area contributed by atoms with Crippen LogP contribution in [0.1, 0.15) is 17.5 Å². The van der Waals surface area contributed by atoms with Crippen molar-refractivity contribution < 1.29 is 9.72 Å². The molecule has 21 heavy (non-hydrogen) atoms. The van der Waals surface area contributed by atoms with Crippen LogP contribution in [0, 0.1) is 10.1 Å². The Morgan fingerprint density at radius 2 is 2.29 bits per heavy atom. The number of nitrogens with zero attached hydrogens (tertiary/aromatic N) is 3. The largest absolute Gasteiger partial charge is 0.297 e. The third kappa shape index (κ3) is 4.18. The Kier molecular flexibility index (Phi) is 4.72. The van der Waals surface area contributed by atoms with Gasteiger partial charge in [0.25, 0.3) is 5.69 Å². The number of carbonyl (C=O) groups excluding carboxylic acids is 1. The molecule has 8 heteroatoms. The summed E-state index contributed by atoms with van der Waals surface area (Å²) in [6.45, 7) is 1.95. The van der Waals surface area contributed by atoms with Crippen molar-refractivity contribution in [1.29, 1.82) is 0 Å². The lowest BCUT2D eigenvalue weighted by Crippen LogP contribution is -2.07. The van der Waals surface area contributed by atoms with Crippen molar-refractivity contribution in [1.82, 2.24) is 10.2 Å². The molecule has 0 aliphatic heterocycles. The molecular weight excluding hydrogens is 292 g/mol. The Morgan fingerprint density at radius 3 is 2.95 bits per heavy atom. The summed E-state index contributed by atoms with van der Waals surface area (Å²) in [7, 11) is 0. The minimum Gasteiger partial charge on any atom is -0.297 e. The van der Waals surface area contributed by atoms with E-state index in [2.05, 4.69) is 15.5 Å². The van der Waals surface area contributed by atoms with Crippen LogP contribution in [0.3, 0.4) is 0 Å². The number of amides is 1. The summed E-state index contributed by atoms with van der Waals surface area (Å²) in [5.41, 5.74) is 0.556. The van der Waals surface area contributed by atoms with E-state index in [1.807, 2.05) is 6.92 Å². The lowest BCUT2D eigenvalue weighted by molar-refractivity contribution is -0.384. The molecule has 0 saturated carbocycles. The molecule has 1 heterocycles. The molecule has 0 atom stereocenters. The molecule has 1 amide bonds. The van der Waals surface area contributed by atoms with Crippen molar-refractivity contribution in [3.8, 4) is 0 Å². The SMILES string of the molecule is CCc1nnc(NC(=O)/C=C\c2cccc([N+](=O)[O-])c2)s1. The number of anilines is 1. The molecule has 0 unspecified atom stereocenters. The molecule has 1 N–H and O–H groups in total. The molecule has 7 nitrogen and oxygen atoms in total. The van der Waals surface area contributed by atoms with Gasteiger partial charge in [0.15, 0.2) is 0 Å². The third-order valence-corrected chi connectivity index (χ3v) is 3.49. The van der Waals surface area contributed by atoms with Gasteiger partial charge in [0, 0.05) is 18.2 Å². The molecule has 0 radical (unpaired) electrons. The number of rotatable bonds is 5. The van der Waals surface area contributed by atoms with Gasteiger partial charge < -0.3 is 0 Å². The second kappa shape index (κ2) is 6.71. The van der Waals surface area contributed by atoms with E-state index in [1.165, 1.54) is 35.6 Å². The van der Waals surface area contributed by atoms with Gasteiger partial charge in [-0.2, -0.15) is 0 Å². The van der Waals surface area contributed by atoms with E-state index >= 15 is 0 Å². The maximum atomic E-state index is 11.7. The monoisotopic (exact) mass is 304 g/mol. The first kappa shape index (κ1) is 14.8. The first-order chi connectivity index (χ1) is 10.1. The van der Waals surface area contributed by atoms with Gasteiger partial charge in [-0.3, -0.25) is 20.2 Å². The molecule has 0 aliphatic carbocycles. The van der Waals surface area contributed by atoms with E-state index in [9.17, 15) is 14.9 Å². The number of nitro benzene ring substituents is 1. The van der Waals surface area contributed by atoms with Gasteiger partial charge in [0.1, 0.15) is 5.01 Å². The van der Waals surface area contributed by atoms with Crippen molar-refractivity contribution >= 4 is 34.1 Å². The van der Waals surface area contributed by atoms with E-state index < -0.39 is 4.92 Å². The highest BCUT2D eigenvalue weighted by atomic mass is 32.1. The van der Waals surface area contributed by atoms with Crippen molar-refractivity contribution in [3.05, 3.63) is 51.0 Å². The van der Waals surface area contributed by atoms with Gasteiger partial charge in [0.05, 0.1) is 4.92 Å². The third-order valence-electron chi connectivity index (χ3n) is 2.51. The molecule has 1 aromatic heterocycles. The van der Waals surface area contributed by atoms with Gasteiger partial charge in [-0.15, -0.1) is 10.2 Å². The number of aryl methyl sites for hydroxylation is 1. The highest BCUT2D eigenvalue weighted by Crippen LogP contribution is 2.16. The van der Waals surface area contributed by atoms with E-state index in [0.717, 1.165) is 11.4 Å². The molecule has 0 aliphatic rings. The zero-order valence-electron chi connectivity index (χ0n) is 11.1. The number of benzene rings is 1. The van der Waals surface area contributed by atoms with Crippen molar-refractivity contribution in [3.63, 3.8) is 0 Å². The van der Waals surface area contributed by atoms with Crippen LogP contribution in [0.5, 0.6) is 0 Å². The fraction of sp³-hybridized carbons (Fsp3) is 0.154. The Morgan fingerprint density at radius 1 is 1.48 bits per heavy atom. The minimum atomic E-state index is -0.481. The fourth-order valence-electron chi connectivity index (χ4n) is 1.51. The van der Waals surface area contributed by atoms with E-state index in [0.29, 0.717) is 10.7 Å². The summed E-state index contributed by atoms with van der Waals surface area (Å²) in [5, 5.41) is 22.2. The molecule has 1 aromatic carbocycles. The maximum absolute atomic E-state index is 11.7. The Labute approximate surface area is 124 Å². The summed E-state index contributed by atoms with van der Waals surface area (Å²) in [6.07, 6.45) is 3.56. The van der Waals surface area contributed by atoms with Gasteiger partial charge >= 0.3 is 0 Å². The zero-order valence-corrected chi connectivity index (χ0v) is 12.0. The molecule has 0 bridgehead atoms. The normalized spacial score (nSPS) is 10.7. The molecule has 0 saturated heterocycles. The fourth-order valence-corrected chi connectivity index (χ4v) is 2.19. The molecule has 108 valence electrons. The summed E-state index contributed by atoms with van der Waals surface area (Å²) < 4.78 is 0. The summed E-state index contributed by atoms with van der Waals surface area (Å²) >= 11 is 1.31. The number of hydrogen-bond donors (Lipinski definition) is 1. The van der Waals surface area contributed by atoms with Gasteiger partial charge in [-0.25, -0.2) is 0 Å². The average molecular weight is 304 g/mol. The summed E-state index contributed by atoms with van der Waals surface area (Å²) in [6, 6.07) is 6.03. The second-order valence-electron chi connectivity index (χ2n) is 4.03. The smallest absolute Gasteiger partial charge is 0.270 e. The van der Waals surface area contributed by atoms with Gasteiger partial charge in [-0.1, -0.05) is 30.4 Å². The maximum Gasteiger partial charge on any atom is 0.270 e. The highest BCUT2D eigenvalue weighted by molar-refractivity contribution is 7.15. The summed E-state index contributed by atoms with van der Waals surface area (Å²) in [4.78, 5) is 21.9. The zero-order chi connectivity index (χ0) is 15.2. The van der Waals surface area contributed by atoms with Crippen LogP contribution in [0.4, 0.5) is 10.8 Å². The highest BCUT2D eigenvalue weighted by Gasteiger charge is 2.06. The molecule has 0 fully saturated rings. The average Bonchev–Trinajstić information content (AvgIpc) is 2.93. The lowest BCUT2D eigenvalue weighted by Gasteiger charge is -1.96. The van der Waals surface area contributed by atoms with Crippen LogP contribution in [0.25, 0.3) is 6.08 Å². The van der Waals surface area contributed by atoms with Gasteiger partial charge in [0.2, 0.25) is 11.0 Å². The lowest BCUT2D eigenvalue weighted by atomic mass is 10.2. The topological polar surface area (TPSA) is 98.0 Å². The Bertz CT molecular complexity index is 696. The van der Waals surface area contributed by atoms with Crippen molar-refractivity contribution in [2.75, 3.05) is 5.32 Å². The molecule has 0 spiro atoms. The number of carbonyl (C=O) groups is 1. The second-order valence-corrected chi connectivity index (χ2v) is 5.09. The van der Waals surface area contributed by atoms with Crippen LogP contribution in [0.15, 0.2) is 30.3 Å². The van der Waals surface area contributed by atoms with Crippen LogP contribution in [-0.2, 0) is 11.2 Å². The van der Waals surface area contributed by atoms with Gasteiger partial charge in [-0.05, 0) is 18.1 Å². The number of non-ortho nitro benzene ring substituents is 1. The predicted octanol–water partition coefficient (Wildman–Crippen LogP) is 2.66. The van der Waals surface area contributed by atoms with Crippen LogP contribution < -0.4 is 5.32 Å². The molecule has 2 aromatic rings. The van der Waals surface area contributed by atoms with E-state index in [4.69, 9.17) is 0 Å². The number of nitro groups is 1. The van der Waals surface area contributed by atoms with Crippen LogP contribution >= 0.6 is 11.3 Å². The van der Waals surface area contributed by atoms with Crippen molar-refractivity contribution in [2.45, 2.75) is 13.3 Å². The summed E-state index contributed by atoms with van der Waals surface area (Å²) in [5.74, 6) is -0.361. The Hall–Kier alpha value is -2.61. The van der Waals surface area contributed by atoms with E-state index in [1.54, 1.807) is 12.1 Å². The Balaban J connectivity index is 2.01. The first-order valence-corrected chi connectivity index (χ1v) is 6.96. The number of hydrogen-bond acceptors (Lipinski definition) is 6. The standard InChI is InChI=1S/C13H12N4O3S/c1-2-12-15-16-13(21-12)14-11(18)7-6-9-4-3-5-10(8-9)17(19)20/h3-8H,2H2,1H3,(H,14,16,18)/b7-6-. The quantitative estimate of drug-likeness (QED) is 0.520. The molecule has 2 rings (SSSR count). The van der Waals surface area contributed by atoms with Crippen LogP contribution in [-0.4, -0.2) is 21.0 Å². The minimum absolute atomic E-state index is 0.0192. The number of nitrogens with one attached hydrogen (secondary N) is 1. The first-order valence-electron chi connectivity index (χ1n) is 6.14. The van der Waals surface area contributed by atoms with Crippen molar-refractivity contribution in [2.24, 2.45) is 0 Å². The predicted molar refractivity (Wildman–Crippen MR) is 80.0 cm³/mol. The number of aromatic nitrogens is 2. The van der Waals surface area contributed by atoms with Crippen LogP contribution in [0.2, 0.25) is 0 Å².